The van der Waals surface area contributed by atoms with E-state index in [2.05, 4.69) is 9.47 Å². The monoisotopic (exact) mass is 368 g/mol. The quantitative estimate of drug-likeness (QED) is 0.477. The van der Waals surface area contributed by atoms with Crippen molar-refractivity contribution in [3.05, 3.63) is 84.9 Å². The molecule has 0 atom stereocenters. The van der Waals surface area contributed by atoms with Crippen molar-refractivity contribution in [2.24, 2.45) is 0 Å². The fourth-order valence-corrected chi connectivity index (χ4v) is 1.89. The summed E-state index contributed by atoms with van der Waals surface area (Å²) in [4.78, 5) is 20.2. The van der Waals surface area contributed by atoms with Crippen LogP contribution in [0.2, 0.25) is 0 Å². The molecule has 3 aromatic rings. The zero-order valence-corrected chi connectivity index (χ0v) is 14.0. The third-order valence-electron chi connectivity index (χ3n) is 2.96. The minimum atomic E-state index is -1.33. The Labute approximate surface area is 155 Å². The lowest BCUT2D eigenvalue weighted by Gasteiger charge is -2.05. The van der Waals surface area contributed by atoms with Crippen LogP contribution in [0.15, 0.2) is 84.9 Å². The highest BCUT2D eigenvalue weighted by molar-refractivity contribution is 5.61. The zero-order chi connectivity index (χ0) is 19.5. The third-order valence-corrected chi connectivity index (χ3v) is 2.96. The molecule has 0 radical (unpaired) electrons. The van der Waals surface area contributed by atoms with Crippen LogP contribution in [0.3, 0.4) is 0 Å². The summed E-state index contributed by atoms with van der Waals surface area (Å²) in [5.41, 5.74) is 0. The molecule has 7 heteroatoms. The Morgan fingerprint density at radius 2 is 0.852 bits per heavy atom. The van der Waals surface area contributed by atoms with Crippen molar-refractivity contribution < 1.29 is 34.0 Å². The molecular formula is C20H16O7. The van der Waals surface area contributed by atoms with Gasteiger partial charge in [-0.3, -0.25) is 0 Å². The number of hydrogen-bond donors (Lipinski definition) is 2. The fourth-order valence-electron chi connectivity index (χ4n) is 1.89. The fraction of sp³-hybridized carbons (Fsp3) is 0. The zero-order valence-electron chi connectivity index (χ0n) is 14.0. The van der Waals surface area contributed by atoms with Crippen molar-refractivity contribution in [1.82, 2.24) is 0 Å². The summed E-state index contributed by atoms with van der Waals surface area (Å²) >= 11 is 0. The van der Waals surface area contributed by atoms with Crippen LogP contribution in [0.25, 0.3) is 0 Å². The van der Waals surface area contributed by atoms with Crippen LogP contribution in [0.1, 0.15) is 0 Å². The minimum Gasteiger partial charge on any atom is -0.457 e. The van der Waals surface area contributed by atoms with Gasteiger partial charge in [-0.1, -0.05) is 36.4 Å². The van der Waals surface area contributed by atoms with Gasteiger partial charge in [0.15, 0.2) is 0 Å². The maximum absolute atomic E-state index is 10.3. The summed E-state index contributed by atoms with van der Waals surface area (Å²) < 4.78 is 14.3. The van der Waals surface area contributed by atoms with Gasteiger partial charge in [-0.15, -0.1) is 0 Å². The van der Waals surface area contributed by atoms with Crippen LogP contribution >= 0.6 is 0 Å². The second kappa shape index (κ2) is 10.1. The maximum atomic E-state index is 10.3. The summed E-state index contributed by atoms with van der Waals surface area (Å²) in [7, 11) is 0. The van der Waals surface area contributed by atoms with E-state index < -0.39 is 12.3 Å². The van der Waals surface area contributed by atoms with E-state index in [4.69, 9.17) is 14.9 Å². The normalized spacial score (nSPS) is 9.33. The first kappa shape index (κ1) is 19.3. The summed E-state index contributed by atoms with van der Waals surface area (Å²) in [6, 6.07) is 24.0. The van der Waals surface area contributed by atoms with Gasteiger partial charge >= 0.3 is 12.3 Å². The van der Waals surface area contributed by atoms with Gasteiger partial charge in [0.25, 0.3) is 0 Å². The molecule has 0 aliphatic carbocycles. The van der Waals surface area contributed by atoms with Crippen LogP contribution < -0.4 is 14.2 Å². The Kier molecular flexibility index (Phi) is 7.23. The van der Waals surface area contributed by atoms with E-state index >= 15 is 0 Å². The highest BCUT2D eigenvalue weighted by Crippen LogP contribution is 2.23. The van der Waals surface area contributed by atoms with Crippen molar-refractivity contribution >= 4 is 12.3 Å². The van der Waals surface area contributed by atoms with E-state index in [1.807, 2.05) is 30.3 Å². The lowest BCUT2D eigenvalue weighted by atomic mass is 10.3. The molecule has 0 amide bonds. The van der Waals surface area contributed by atoms with Gasteiger partial charge in [0.1, 0.15) is 23.0 Å². The molecule has 2 N–H and O–H groups in total. The Balaban J connectivity index is 0.000000223. The molecule has 0 spiro atoms. The molecule has 3 aromatic carbocycles. The predicted molar refractivity (Wildman–Crippen MR) is 96.7 cm³/mol. The summed E-state index contributed by atoms with van der Waals surface area (Å²) in [5, 5.41) is 16.6. The number of carbonyl (C=O) groups is 2. The number of hydrogen-bond acceptors (Lipinski definition) is 5. The van der Waals surface area contributed by atoms with Gasteiger partial charge in [-0.2, -0.15) is 0 Å². The van der Waals surface area contributed by atoms with E-state index in [-0.39, 0.29) is 5.75 Å². The first-order valence-corrected chi connectivity index (χ1v) is 7.72. The van der Waals surface area contributed by atoms with Gasteiger partial charge < -0.3 is 24.4 Å². The topological polar surface area (TPSA) is 102 Å². The molecule has 0 unspecified atom stereocenters. The van der Waals surface area contributed by atoms with Gasteiger partial charge in [0.2, 0.25) is 0 Å². The van der Waals surface area contributed by atoms with Crippen LogP contribution in [0.4, 0.5) is 9.59 Å². The van der Waals surface area contributed by atoms with E-state index in [9.17, 15) is 9.59 Å². The molecule has 0 fully saturated rings. The third kappa shape index (κ3) is 7.61. The standard InChI is InChI=1S/C13H10O4.C7H6O3/c14-13(15)17-12-8-6-11(7-9-12)16-10-4-2-1-3-5-10;8-7(9)10-6-4-2-1-3-5-6/h1-9H,(H,14,15);1-5H,(H,8,9). The Hall–Kier alpha value is -4.00. The highest BCUT2D eigenvalue weighted by Gasteiger charge is 2.01. The van der Waals surface area contributed by atoms with Crippen molar-refractivity contribution in [3.8, 4) is 23.0 Å². The summed E-state index contributed by atoms with van der Waals surface area (Å²) in [5.74, 6) is 1.95. The number of rotatable bonds is 4. The molecule has 0 aromatic heterocycles. The number of para-hydroxylation sites is 2. The molecular weight excluding hydrogens is 352 g/mol. The molecule has 0 saturated carbocycles. The highest BCUT2D eigenvalue weighted by atomic mass is 16.7. The SMILES string of the molecule is O=C(O)Oc1ccc(Oc2ccccc2)cc1.O=C(O)Oc1ccccc1. The van der Waals surface area contributed by atoms with Gasteiger partial charge in [-0.25, -0.2) is 9.59 Å². The average Bonchev–Trinajstić information content (AvgIpc) is 2.65. The van der Waals surface area contributed by atoms with E-state index in [0.29, 0.717) is 11.5 Å². The van der Waals surface area contributed by atoms with Gasteiger partial charge in [0.05, 0.1) is 0 Å². The van der Waals surface area contributed by atoms with Gasteiger partial charge in [0, 0.05) is 0 Å². The first-order valence-electron chi connectivity index (χ1n) is 7.72. The Bertz CT molecular complexity index is 847. The van der Waals surface area contributed by atoms with E-state index in [1.165, 1.54) is 12.1 Å². The molecule has 0 bridgehead atoms. The van der Waals surface area contributed by atoms with Crippen LogP contribution in [-0.2, 0) is 0 Å². The molecule has 138 valence electrons. The molecule has 0 heterocycles. The first-order chi connectivity index (χ1) is 13.0. The molecule has 0 saturated heterocycles. The van der Waals surface area contributed by atoms with Crippen molar-refractivity contribution in [3.63, 3.8) is 0 Å². The van der Waals surface area contributed by atoms with Crippen molar-refractivity contribution in [1.29, 1.82) is 0 Å². The molecule has 0 aliphatic heterocycles. The number of benzene rings is 3. The molecule has 7 nitrogen and oxygen atoms in total. The van der Waals surface area contributed by atoms with Crippen LogP contribution in [-0.4, -0.2) is 22.5 Å². The summed E-state index contributed by atoms with van der Waals surface area (Å²) in [6.07, 6.45) is -2.62. The molecule has 3 rings (SSSR count). The molecule has 0 aliphatic rings. The molecule has 27 heavy (non-hydrogen) atoms. The number of ether oxygens (including phenoxy) is 3. The smallest absolute Gasteiger partial charge is 0.457 e. The second-order valence-electron chi connectivity index (χ2n) is 4.94. The van der Waals surface area contributed by atoms with Gasteiger partial charge in [-0.05, 0) is 48.5 Å². The average molecular weight is 368 g/mol. The lowest BCUT2D eigenvalue weighted by molar-refractivity contribution is 0.143. The maximum Gasteiger partial charge on any atom is 0.511 e. The number of carboxylic acid groups (broad SMARTS) is 2. The largest absolute Gasteiger partial charge is 0.511 e. The predicted octanol–water partition coefficient (Wildman–Crippen LogP) is 5.28. The van der Waals surface area contributed by atoms with Crippen LogP contribution in [0, 0.1) is 0 Å². The summed E-state index contributed by atoms with van der Waals surface area (Å²) in [6.45, 7) is 0. The Morgan fingerprint density at radius 3 is 1.30 bits per heavy atom. The van der Waals surface area contributed by atoms with Crippen molar-refractivity contribution in [2.45, 2.75) is 0 Å². The second-order valence-corrected chi connectivity index (χ2v) is 4.94. The van der Waals surface area contributed by atoms with E-state index in [0.717, 1.165) is 5.75 Å². The van der Waals surface area contributed by atoms with Crippen molar-refractivity contribution in [2.75, 3.05) is 0 Å². The minimum absolute atomic E-state index is 0.262. The lowest BCUT2D eigenvalue weighted by Crippen LogP contribution is -2.02. The van der Waals surface area contributed by atoms with E-state index in [1.54, 1.807) is 42.5 Å². The Morgan fingerprint density at radius 1 is 0.519 bits per heavy atom. The van der Waals surface area contributed by atoms with Crippen LogP contribution in [0.5, 0.6) is 23.0 Å².